The summed E-state index contributed by atoms with van der Waals surface area (Å²) in [5.41, 5.74) is 1.83. The van der Waals surface area contributed by atoms with Crippen LogP contribution in [0.25, 0.3) is 22.6 Å². The number of nitrogens with zero attached hydrogens (tertiary/aromatic N) is 4. The number of carboxylic acid groups (broad SMARTS) is 1. The number of aromatic nitrogens is 2. The van der Waals surface area contributed by atoms with Crippen molar-refractivity contribution in [1.82, 2.24) is 9.97 Å². The SMILES string of the molecule is Cc1cc(-c2nc(N(C)C(=O)[C@@H](CC(=O)O)Cc3ccccc3)sc2F)c(-c2ccc(N3CCCC3=O)nc2)o1. The van der Waals surface area contributed by atoms with Gasteiger partial charge in [-0.2, -0.15) is 4.39 Å². The maximum Gasteiger partial charge on any atom is 0.304 e. The van der Waals surface area contributed by atoms with Gasteiger partial charge in [0, 0.05) is 31.8 Å². The Morgan fingerprint density at radius 3 is 2.65 bits per heavy atom. The molecule has 1 aromatic carbocycles. The number of aliphatic carboxylic acids is 1. The lowest BCUT2D eigenvalue weighted by molar-refractivity contribution is -0.140. The number of carbonyl (C=O) groups is 3. The molecule has 1 N–H and O–H groups in total. The third kappa shape index (κ3) is 5.64. The number of halogens is 1. The summed E-state index contributed by atoms with van der Waals surface area (Å²) in [5.74, 6) is -0.940. The summed E-state index contributed by atoms with van der Waals surface area (Å²) in [6.07, 6.45) is 2.72. The summed E-state index contributed by atoms with van der Waals surface area (Å²) in [5, 5.41) is 8.91. The molecule has 1 fully saturated rings. The van der Waals surface area contributed by atoms with Crippen LogP contribution in [0, 0.1) is 18.0 Å². The molecule has 1 atom stereocenters. The van der Waals surface area contributed by atoms with Crippen LogP contribution >= 0.6 is 11.3 Å². The third-order valence-electron chi connectivity index (χ3n) is 6.76. The highest BCUT2D eigenvalue weighted by molar-refractivity contribution is 7.14. The number of anilines is 2. The van der Waals surface area contributed by atoms with Gasteiger partial charge < -0.3 is 9.52 Å². The molecule has 0 saturated carbocycles. The molecule has 0 spiro atoms. The zero-order valence-electron chi connectivity index (χ0n) is 22.0. The van der Waals surface area contributed by atoms with Gasteiger partial charge in [-0.25, -0.2) is 9.97 Å². The van der Waals surface area contributed by atoms with Crippen LogP contribution in [0.5, 0.6) is 0 Å². The smallest absolute Gasteiger partial charge is 0.304 e. The second-order valence-electron chi connectivity index (χ2n) is 9.65. The van der Waals surface area contributed by atoms with E-state index in [2.05, 4.69) is 9.97 Å². The molecule has 0 unspecified atom stereocenters. The molecule has 40 heavy (non-hydrogen) atoms. The van der Waals surface area contributed by atoms with Crippen LogP contribution in [0.3, 0.4) is 0 Å². The van der Waals surface area contributed by atoms with Crippen LogP contribution in [-0.2, 0) is 20.8 Å². The predicted molar refractivity (Wildman–Crippen MR) is 149 cm³/mol. The van der Waals surface area contributed by atoms with Crippen LogP contribution in [0.2, 0.25) is 0 Å². The van der Waals surface area contributed by atoms with Crippen LogP contribution in [-0.4, -0.2) is 46.5 Å². The summed E-state index contributed by atoms with van der Waals surface area (Å²) >= 11 is 0.699. The first-order chi connectivity index (χ1) is 19.2. The maximum absolute atomic E-state index is 15.3. The first-order valence-electron chi connectivity index (χ1n) is 12.8. The molecule has 2 amide bonds. The number of amides is 2. The normalized spacial score (nSPS) is 14.0. The Morgan fingerprint density at radius 1 is 1.23 bits per heavy atom. The maximum atomic E-state index is 15.3. The first kappa shape index (κ1) is 27.2. The molecule has 4 heterocycles. The summed E-state index contributed by atoms with van der Waals surface area (Å²) in [4.78, 5) is 48.6. The molecular formula is C29H27FN4O5S. The van der Waals surface area contributed by atoms with Crippen molar-refractivity contribution < 1.29 is 28.3 Å². The third-order valence-corrected chi connectivity index (χ3v) is 7.68. The zero-order valence-corrected chi connectivity index (χ0v) is 22.8. The van der Waals surface area contributed by atoms with Crippen molar-refractivity contribution in [3.8, 4) is 22.6 Å². The Labute approximate surface area is 233 Å². The van der Waals surface area contributed by atoms with Crippen molar-refractivity contribution in [2.45, 2.75) is 32.6 Å². The van der Waals surface area contributed by atoms with E-state index in [1.54, 1.807) is 36.2 Å². The molecule has 11 heteroatoms. The standard InChI is InChI=1S/C29H27FN4O5S/c1-17-13-21(26(39-17)19-10-11-22(31-16-19)34-12-6-9-23(34)35)25-27(30)40-29(32-25)33(2)28(38)20(15-24(36)37)14-18-7-4-3-5-8-18/h3-5,7-8,10-11,13,16,20H,6,9,12,14-15H2,1-2H3,(H,36,37)/t20-/m1/s1. The molecule has 206 valence electrons. The van der Waals surface area contributed by atoms with Gasteiger partial charge in [-0.05, 0) is 43.5 Å². The summed E-state index contributed by atoms with van der Waals surface area (Å²) < 4.78 is 21.2. The van der Waals surface area contributed by atoms with Gasteiger partial charge in [0.05, 0.1) is 17.9 Å². The van der Waals surface area contributed by atoms with Crippen LogP contribution < -0.4 is 9.80 Å². The highest BCUT2D eigenvalue weighted by Crippen LogP contribution is 2.39. The van der Waals surface area contributed by atoms with E-state index < -0.39 is 22.9 Å². The van der Waals surface area contributed by atoms with Crippen LogP contribution in [0.1, 0.15) is 30.6 Å². The number of thiazole rings is 1. The van der Waals surface area contributed by atoms with E-state index in [-0.39, 0.29) is 29.6 Å². The summed E-state index contributed by atoms with van der Waals surface area (Å²) in [6.45, 7) is 2.35. The van der Waals surface area contributed by atoms with Gasteiger partial charge in [-0.1, -0.05) is 41.7 Å². The fourth-order valence-electron chi connectivity index (χ4n) is 4.80. The second-order valence-corrected chi connectivity index (χ2v) is 10.6. The summed E-state index contributed by atoms with van der Waals surface area (Å²) in [7, 11) is 1.47. The van der Waals surface area contributed by atoms with Crippen LogP contribution in [0.4, 0.5) is 15.3 Å². The number of hydrogen-bond acceptors (Lipinski definition) is 7. The Balaban J connectivity index is 1.41. The number of carbonyl (C=O) groups excluding carboxylic acids is 2. The lowest BCUT2D eigenvalue weighted by atomic mass is 9.95. The average molecular weight is 563 g/mol. The van der Waals surface area contributed by atoms with E-state index in [0.717, 1.165) is 12.0 Å². The Hall–Kier alpha value is -4.38. The van der Waals surface area contributed by atoms with E-state index in [1.807, 2.05) is 30.3 Å². The van der Waals surface area contributed by atoms with Crippen molar-refractivity contribution in [3.63, 3.8) is 0 Å². The minimum Gasteiger partial charge on any atom is -0.481 e. The minimum absolute atomic E-state index is 0.0168. The molecule has 0 radical (unpaired) electrons. The van der Waals surface area contributed by atoms with E-state index in [4.69, 9.17) is 4.42 Å². The first-order valence-corrected chi connectivity index (χ1v) is 13.6. The topological polar surface area (TPSA) is 117 Å². The highest BCUT2D eigenvalue weighted by Gasteiger charge is 2.30. The van der Waals surface area contributed by atoms with E-state index in [0.29, 0.717) is 52.8 Å². The van der Waals surface area contributed by atoms with Crippen molar-refractivity contribution in [2.75, 3.05) is 23.4 Å². The number of rotatable bonds is 9. The van der Waals surface area contributed by atoms with Gasteiger partial charge in [0.15, 0.2) is 5.13 Å². The van der Waals surface area contributed by atoms with E-state index in [1.165, 1.54) is 11.9 Å². The van der Waals surface area contributed by atoms with Gasteiger partial charge in [-0.3, -0.25) is 24.2 Å². The monoisotopic (exact) mass is 562 g/mol. The Bertz CT molecular complexity index is 1550. The number of furan rings is 1. The molecule has 0 bridgehead atoms. The Kier molecular flexibility index (Phi) is 7.74. The van der Waals surface area contributed by atoms with Crippen molar-refractivity contribution in [1.29, 1.82) is 0 Å². The zero-order chi connectivity index (χ0) is 28.4. The van der Waals surface area contributed by atoms with E-state index >= 15 is 4.39 Å². The van der Waals surface area contributed by atoms with Crippen molar-refractivity contribution >= 4 is 40.1 Å². The van der Waals surface area contributed by atoms with E-state index in [9.17, 15) is 19.5 Å². The van der Waals surface area contributed by atoms with Gasteiger partial charge in [0.1, 0.15) is 23.0 Å². The molecule has 0 aliphatic carbocycles. The summed E-state index contributed by atoms with van der Waals surface area (Å²) in [6, 6.07) is 14.3. The molecular weight excluding hydrogens is 535 g/mol. The lowest BCUT2D eigenvalue weighted by Crippen LogP contribution is -2.35. The molecule has 9 nitrogen and oxygen atoms in total. The molecule has 5 rings (SSSR count). The minimum atomic E-state index is -1.10. The predicted octanol–water partition coefficient (Wildman–Crippen LogP) is 5.34. The number of pyridine rings is 1. The molecule has 3 aromatic heterocycles. The molecule has 4 aromatic rings. The fourth-order valence-corrected chi connectivity index (χ4v) is 5.58. The lowest BCUT2D eigenvalue weighted by Gasteiger charge is -2.21. The highest BCUT2D eigenvalue weighted by atomic mass is 32.1. The van der Waals surface area contributed by atoms with Crippen molar-refractivity contribution in [3.05, 3.63) is 71.2 Å². The Morgan fingerprint density at radius 2 is 2.00 bits per heavy atom. The van der Waals surface area contributed by atoms with Crippen molar-refractivity contribution in [2.24, 2.45) is 5.92 Å². The number of aryl methyl sites for hydroxylation is 1. The van der Waals surface area contributed by atoms with Gasteiger partial charge in [0.2, 0.25) is 16.9 Å². The quantitative estimate of drug-likeness (QED) is 0.293. The molecule has 1 saturated heterocycles. The van der Waals surface area contributed by atoms with Gasteiger partial charge >= 0.3 is 5.97 Å². The van der Waals surface area contributed by atoms with Gasteiger partial charge in [0.25, 0.3) is 0 Å². The second kappa shape index (κ2) is 11.4. The molecule has 1 aliphatic rings. The number of hydrogen-bond donors (Lipinski definition) is 1. The van der Waals surface area contributed by atoms with Crippen LogP contribution in [0.15, 0.2) is 59.1 Å². The molecule has 1 aliphatic heterocycles. The average Bonchev–Trinajstić information content (AvgIpc) is 3.65. The van der Waals surface area contributed by atoms with Gasteiger partial charge in [-0.15, -0.1) is 0 Å². The number of benzene rings is 1. The fraction of sp³-hybridized carbons (Fsp3) is 0.276. The largest absolute Gasteiger partial charge is 0.481 e. The number of carboxylic acids is 1.